The number of carbonyl (C=O) groups excluding carboxylic acids is 2. The molecule has 154 valence electrons. The molecule has 1 aromatic carbocycles. The molecule has 1 aliphatic rings. The summed E-state index contributed by atoms with van der Waals surface area (Å²) >= 11 is 1.34. The molecule has 3 rings (SSSR count). The Morgan fingerprint density at radius 2 is 2.21 bits per heavy atom. The van der Waals surface area contributed by atoms with Crippen molar-refractivity contribution in [3.63, 3.8) is 0 Å². The van der Waals surface area contributed by atoms with Crippen molar-refractivity contribution in [3.05, 3.63) is 54.1 Å². The molecule has 2 amide bonds. The van der Waals surface area contributed by atoms with Gasteiger partial charge in [0, 0.05) is 36.8 Å². The number of hydrogen-bond donors (Lipinski definition) is 2. The molecule has 1 aromatic heterocycles. The van der Waals surface area contributed by atoms with Crippen LogP contribution in [0.25, 0.3) is 0 Å². The summed E-state index contributed by atoms with van der Waals surface area (Å²) < 4.78 is 27.0. The summed E-state index contributed by atoms with van der Waals surface area (Å²) in [4.78, 5) is 31.1. The number of rotatable bonds is 7. The van der Waals surface area contributed by atoms with Crippen molar-refractivity contribution < 1.29 is 18.0 Å². The molecule has 0 bridgehead atoms. The average molecular weight is 435 g/mol. The first-order chi connectivity index (χ1) is 13.9. The number of sulfonamides is 1. The second-order valence-corrected chi connectivity index (χ2v) is 9.25. The summed E-state index contributed by atoms with van der Waals surface area (Å²) in [6.45, 7) is 4.38. The van der Waals surface area contributed by atoms with E-state index in [-0.39, 0.29) is 41.3 Å². The molecule has 8 nitrogen and oxygen atoms in total. The third-order valence-electron chi connectivity index (χ3n) is 4.55. The topological polar surface area (TPSA) is 108 Å². The minimum absolute atomic E-state index is 0.0141. The molecule has 1 fully saturated rings. The van der Waals surface area contributed by atoms with Crippen molar-refractivity contribution in [2.75, 3.05) is 25.0 Å². The smallest absolute Gasteiger partial charge is 0.253 e. The van der Waals surface area contributed by atoms with Crippen molar-refractivity contribution in [3.8, 4) is 0 Å². The van der Waals surface area contributed by atoms with Gasteiger partial charge in [0.05, 0.1) is 10.8 Å². The highest BCUT2D eigenvalue weighted by atomic mass is 32.2. The lowest BCUT2D eigenvalue weighted by atomic mass is 9.96. The van der Waals surface area contributed by atoms with Crippen LogP contribution in [-0.4, -0.2) is 49.8 Å². The molecule has 0 radical (unpaired) electrons. The maximum absolute atomic E-state index is 12.9. The molecule has 0 aliphatic carbocycles. The first kappa shape index (κ1) is 21.2. The van der Waals surface area contributed by atoms with E-state index in [4.69, 9.17) is 0 Å². The fraction of sp³-hybridized carbons (Fsp3) is 0.316. The van der Waals surface area contributed by atoms with Gasteiger partial charge in [-0.05, 0) is 31.0 Å². The third kappa shape index (κ3) is 5.28. The lowest BCUT2D eigenvalue weighted by Crippen LogP contribution is -2.43. The zero-order chi connectivity index (χ0) is 20.9. The van der Waals surface area contributed by atoms with Gasteiger partial charge in [-0.25, -0.2) is 18.1 Å². The van der Waals surface area contributed by atoms with Gasteiger partial charge in [-0.1, -0.05) is 12.1 Å². The van der Waals surface area contributed by atoms with Gasteiger partial charge in [0.2, 0.25) is 15.9 Å². The molecule has 29 heavy (non-hydrogen) atoms. The van der Waals surface area contributed by atoms with E-state index in [1.54, 1.807) is 22.5 Å². The maximum Gasteiger partial charge on any atom is 0.253 e. The van der Waals surface area contributed by atoms with E-state index < -0.39 is 10.0 Å². The van der Waals surface area contributed by atoms with Crippen LogP contribution in [0.2, 0.25) is 0 Å². The van der Waals surface area contributed by atoms with E-state index in [1.807, 2.05) is 0 Å². The molecule has 2 aromatic rings. The monoisotopic (exact) mass is 434 g/mol. The van der Waals surface area contributed by atoms with Gasteiger partial charge in [-0.3, -0.25) is 9.59 Å². The predicted octanol–water partition coefficient (Wildman–Crippen LogP) is 2.10. The first-order valence-electron chi connectivity index (χ1n) is 9.11. The Bertz CT molecular complexity index is 989. The molecular formula is C19H22N4O4S2. The highest BCUT2D eigenvalue weighted by Gasteiger charge is 2.29. The lowest BCUT2D eigenvalue weighted by molar-refractivity contribution is -0.121. The van der Waals surface area contributed by atoms with Gasteiger partial charge in [-0.2, -0.15) is 0 Å². The number of benzene rings is 1. The Balaban J connectivity index is 1.70. The van der Waals surface area contributed by atoms with Crippen molar-refractivity contribution in [1.82, 2.24) is 14.6 Å². The van der Waals surface area contributed by atoms with Gasteiger partial charge < -0.3 is 10.2 Å². The minimum atomic E-state index is -3.72. The fourth-order valence-electron chi connectivity index (χ4n) is 3.10. The van der Waals surface area contributed by atoms with Crippen molar-refractivity contribution in [1.29, 1.82) is 0 Å². The Morgan fingerprint density at radius 3 is 2.93 bits per heavy atom. The Hall–Kier alpha value is -2.56. The molecule has 0 spiro atoms. The summed E-state index contributed by atoms with van der Waals surface area (Å²) in [5, 5.41) is 5.08. The number of nitrogens with zero attached hydrogens (tertiary/aromatic N) is 2. The number of hydrogen-bond acceptors (Lipinski definition) is 6. The Kier molecular flexibility index (Phi) is 6.78. The highest BCUT2D eigenvalue weighted by molar-refractivity contribution is 7.89. The van der Waals surface area contributed by atoms with Crippen LogP contribution >= 0.6 is 11.3 Å². The summed E-state index contributed by atoms with van der Waals surface area (Å²) in [5.41, 5.74) is 0.271. The van der Waals surface area contributed by atoms with Gasteiger partial charge >= 0.3 is 0 Å². The van der Waals surface area contributed by atoms with Crippen LogP contribution in [0.5, 0.6) is 0 Å². The predicted molar refractivity (Wildman–Crippen MR) is 111 cm³/mol. The molecule has 2 heterocycles. The normalized spacial score (nSPS) is 17.0. The van der Waals surface area contributed by atoms with Crippen molar-refractivity contribution in [2.45, 2.75) is 17.7 Å². The molecule has 0 saturated carbocycles. The van der Waals surface area contributed by atoms with Crippen LogP contribution in [0, 0.1) is 5.92 Å². The van der Waals surface area contributed by atoms with Gasteiger partial charge in [0.15, 0.2) is 5.13 Å². The van der Waals surface area contributed by atoms with Crippen molar-refractivity contribution >= 4 is 38.3 Å². The summed E-state index contributed by atoms with van der Waals surface area (Å²) in [5.74, 6) is -0.794. The number of amides is 2. The summed E-state index contributed by atoms with van der Waals surface area (Å²) in [6, 6.07) is 5.90. The second kappa shape index (κ2) is 9.29. The zero-order valence-corrected chi connectivity index (χ0v) is 17.3. The number of carbonyl (C=O) groups is 2. The largest absolute Gasteiger partial charge is 0.338 e. The van der Waals surface area contributed by atoms with Crippen LogP contribution in [0.15, 0.2) is 53.4 Å². The standard InChI is InChI=1S/C19H22N4O4S2/c1-2-8-21-29(26,27)16-7-3-5-14(12-16)18(25)23-10-4-6-15(13-23)17(24)22-19-20-9-11-28-19/h2-3,5,7,9,11-12,15,21H,1,4,6,8,10,13H2,(H,20,22,24). The SMILES string of the molecule is C=CCNS(=O)(=O)c1cccc(C(=O)N2CCCC(C(=O)Nc3nccs3)C2)c1. The number of aromatic nitrogens is 1. The van der Waals surface area contributed by atoms with E-state index >= 15 is 0 Å². The van der Waals surface area contributed by atoms with Crippen LogP contribution in [0.4, 0.5) is 5.13 Å². The second-order valence-electron chi connectivity index (χ2n) is 6.59. The molecule has 1 atom stereocenters. The van der Waals surface area contributed by atoms with Gasteiger partial charge in [0.1, 0.15) is 0 Å². The molecule has 10 heteroatoms. The average Bonchev–Trinajstić information content (AvgIpc) is 3.25. The Labute approximate surface area is 173 Å². The molecule has 1 saturated heterocycles. The van der Waals surface area contributed by atoms with Crippen LogP contribution in [0.1, 0.15) is 23.2 Å². The van der Waals surface area contributed by atoms with E-state index in [0.29, 0.717) is 24.5 Å². The molecule has 1 unspecified atom stereocenters. The number of nitrogens with one attached hydrogen (secondary N) is 2. The van der Waals surface area contributed by atoms with E-state index in [2.05, 4.69) is 21.6 Å². The fourth-order valence-corrected chi connectivity index (χ4v) is 4.67. The summed E-state index contributed by atoms with van der Waals surface area (Å²) in [7, 11) is -3.72. The van der Waals surface area contributed by atoms with Gasteiger partial charge in [0.25, 0.3) is 5.91 Å². The summed E-state index contributed by atoms with van der Waals surface area (Å²) in [6.07, 6.45) is 4.43. The first-order valence-corrected chi connectivity index (χ1v) is 11.5. The van der Waals surface area contributed by atoms with E-state index in [9.17, 15) is 18.0 Å². The van der Waals surface area contributed by atoms with Crippen LogP contribution < -0.4 is 10.0 Å². The third-order valence-corrected chi connectivity index (χ3v) is 6.66. The maximum atomic E-state index is 12.9. The van der Waals surface area contributed by atoms with Crippen molar-refractivity contribution in [2.24, 2.45) is 5.92 Å². The number of likely N-dealkylation sites (tertiary alicyclic amines) is 1. The molecule has 1 aliphatic heterocycles. The number of piperidine rings is 1. The minimum Gasteiger partial charge on any atom is -0.338 e. The quantitative estimate of drug-likeness (QED) is 0.649. The Morgan fingerprint density at radius 1 is 1.38 bits per heavy atom. The highest BCUT2D eigenvalue weighted by Crippen LogP contribution is 2.22. The molecule has 2 N–H and O–H groups in total. The zero-order valence-electron chi connectivity index (χ0n) is 15.7. The van der Waals surface area contributed by atoms with Crippen LogP contribution in [-0.2, 0) is 14.8 Å². The van der Waals surface area contributed by atoms with E-state index in [0.717, 1.165) is 0 Å². The van der Waals surface area contributed by atoms with Crippen LogP contribution in [0.3, 0.4) is 0 Å². The lowest BCUT2D eigenvalue weighted by Gasteiger charge is -2.32. The van der Waals surface area contributed by atoms with Gasteiger partial charge in [-0.15, -0.1) is 17.9 Å². The number of anilines is 1. The number of thiazole rings is 1. The molecular weight excluding hydrogens is 412 g/mol. The van der Waals surface area contributed by atoms with E-state index in [1.165, 1.54) is 35.6 Å².